The summed E-state index contributed by atoms with van der Waals surface area (Å²) in [7, 11) is 0. The Morgan fingerprint density at radius 3 is 3.03 bits per heavy atom. The lowest BCUT2D eigenvalue weighted by molar-refractivity contribution is 0.0301. The molecule has 3 aromatic heterocycles. The molecule has 9 heteroatoms. The van der Waals surface area contributed by atoms with Crippen LogP contribution < -0.4 is 5.32 Å². The molecule has 0 aliphatic carbocycles. The van der Waals surface area contributed by atoms with Crippen LogP contribution in [0.15, 0.2) is 18.6 Å². The van der Waals surface area contributed by atoms with E-state index in [4.69, 9.17) is 4.74 Å². The maximum atomic E-state index is 13.0. The molecule has 1 saturated heterocycles. The van der Waals surface area contributed by atoms with Crippen LogP contribution in [0, 0.1) is 12.8 Å². The average Bonchev–Trinajstić information content (AvgIpc) is 3.34. The number of thiophene rings is 1. The van der Waals surface area contributed by atoms with E-state index >= 15 is 0 Å². The SMILES string of the molecule is Cc1cc2c(NC[C@H]3CCn4ncc(C(=O)N5CCOCC5)c4C3)ncnc2s1. The van der Waals surface area contributed by atoms with Crippen molar-refractivity contribution in [3.05, 3.63) is 34.7 Å². The zero-order valence-electron chi connectivity index (χ0n) is 16.4. The Bertz CT molecular complexity index is 1040. The predicted molar refractivity (Wildman–Crippen MR) is 111 cm³/mol. The highest BCUT2D eigenvalue weighted by Gasteiger charge is 2.28. The van der Waals surface area contributed by atoms with Crippen molar-refractivity contribution in [1.29, 1.82) is 0 Å². The molecule has 152 valence electrons. The number of nitrogens with one attached hydrogen (secondary N) is 1. The lowest BCUT2D eigenvalue weighted by Crippen LogP contribution is -2.41. The highest BCUT2D eigenvalue weighted by atomic mass is 32.1. The molecule has 8 nitrogen and oxygen atoms in total. The van der Waals surface area contributed by atoms with E-state index in [-0.39, 0.29) is 5.91 Å². The van der Waals surface area contributed by atoms with Gasteiger partial charge in [0.1, 0.15) is 17.0 Å². The standard InChI is InChI=1S/C20H24N6O2S/c1-13-8-15-18(22-12-23-19(15)29-13)21-10-14-2-3-26-17(9-14)16(11-24-26)20(27)25-4-6-28-7-5-25/h8,11-12,14H,2-7,9-10H2,1H3,(H,21,22,23)/t14-/m0/s1. The summed E-state index contributed by atoms with van der Waals surface area (Å²) >= 11 is 1.68. The number of carbonyl (C=O) groups excluding carboxylic acids is 1. The third-order valence-electron chi connectivity index (χ3n) is 5.72. The summed E-state index contributed by atoms with van der Waals surface area (Å²) in [6.07, 6.45) is 5.24. The molecule has 2 aliphatic heterocycles. The van der Waals surface area contributed by atoms with E-state index in [0.717, 1.165) is 53.2 Å². The third-order valence-corrected chi connectivity index (χ3v) is 6.68. The molecule has 5 heterocycles. The molecule has 3 aromatic rings. The summed E-state index contributed by atoms with van der Waals surface area (Å²) in [6.45, 7) is 6.27. The maximum Gasteiger partial charge on any atom is 0.257 e. The molecule has 1 fully saturated rings. The quantitative estimate of drug-likeness (QED) is 0.708. The number of morpholine rings is 1. The molecular formula is C20H24N6O2S. The Kier molecular flexibility index (Phi) is 4.92. The van der Waals surface area contributed by atoms with Crippen LogP contribution in [-0.4, -0.2) is 63.4 Å². The van der Waals surface area contributed by atoms with Crippen molar-refractivity contribution in [3.8, 4) is 0 Å². The molecule has 29 heavy (non-hydrogen) atoms. The van der Waals surface area contributed by atoms with Gasteiger partial charge in [0.25, 0.3) is 5.91 Å². The molecule has 0 aromatic carbocycles. The van der Waals surface area contributed by atoms with Crippen LogP contribution in [-0.2, 0) is 17.7 Å². The first kappa shape index (κ1) is 18.5. The average molecular weight is 413 g/mol. The smallest absolute Gasteiger partial charge is 0.257 e. The number of fused-ring (bicyclic) bond motifs is 2. The second-order valence-electron chi connectivity index (χ2n) is 7.67. The van der Waals surface area contributed by atoms with Gasteiger partial charge >= 0.3 is 0 Å². The van der Waals surface area contributed by atoms with Crippen LogP contribution in [0.4, 0.5) is 5.82 Å². The number of nitrogens with zero attached hydrogens (tertiary/aromatic N) is 5. The molecule has 2 aliphatic rings. The van der Waals surface area contributed by atoms with Crippen molar-refractivity contribution in [1.82, 2.24) is 24.6 Å². The van der Waals surface area contributed by atoms with E-state index in [1.165, 1.54) is 4.88 Å². The van der Waals surface area contributed by atoms with E-state index in [1.807, 2.05) is 9.58 Å². The highest BCUT2D eigenvalue weighted by molar-refractivity contribution is 7.18. The minimum Gasteiger partial charge on any atom is -0.378 e. The summed E-state index contributed by atoms with van der Waals surface area (Å²) in [5.41, 5.74) is 1.80. The van der Waals surface area contributed by atoms with E-state index in [9.17, 15) is 4.79 Å². The Balaban J connectivity index is 1.29. The molecule has 5 rings (SSSR count). The molecule has 1 N–H and O–H groups in total. The van der Waals surface area contributed by atoms with Gasteiger partial charge in [0.15, 0.2) is 0 Å². The van der Waals surface area contributed by atoms with Gasteiger partial charge in [-0.25, -0.2) is 9.97 Å². The van der Waals surface area contributed by atoms with E-state index < -0.39 is 0 Å². The second-order valence-corrected chi connectivity index (χ2v) is 8.91. The van der Waals surface area contributed by atoms with Crippen LogP contribution in [0.5, 0.6) is 0 Å². The van der Waals surface area contributed by atoms with Gasteiger partial charge in [-0.2, -0.15) is 5.10 Å². The number of hydrogen-bond acceptors (Lipinski definition) is 7. The fourth-order valence-corrected chi connectivity index (χ4v) is 4.99. The van der Waals surface area contributed by atoms with Crippen LogP contribution >= 0.6 is 11.3 Å². The number of ether oxygens (including phenoxy) is 1. The van der Waals surface area contributed by atoms with Crippen LogP contribution in [0.25, 0.3) is 10.2 Å². The van der Waals surface area contributed by atoms with Crippen molar-refractivity contribution >= 4 is 33.3 Å². The summed E-state index contributed by atoms with van der Waals surface area (Å²) in [6, 6.07) is 2.14. The first-order valence-corrected chi connectivity index (χ1v) is 10.9. The summed E-state index contributed by atoms with van der Waals surface area (Å²) in [5.74, 6) is 1.40. The predicted octanol–water partition coefficient (Wildman–Crippen LogP) is 2.34. The minimum absolute atomic E-state index is 0.0782. The Morgan fingerprint density at radius 1 is 1.31 bits per heavy atom. The molecule has 0 radical (unpaired) electrons. The number of aromatic nitrogens is 4. The fraction of sp³-hybridized carbons (Fsp3) is 0.500. The van der Waals surface area contributed by atoms with Gasteiger partial charge in [-0.3, -0.25) is 9.48 Å². The first-order chi connectivity index (χ1) is 14.2. The number of anilines is 1. The van der Waals surface area contributed by atoms with Gasteiger partial charge in [-0.05, 0) is 31.7 Å². The zero-order valence-corrected chi connectivity index (χ0v) is 17.2. The Hall–Kier alpha value is -2.52. The lowest BCUT2D eigenvalue weighted by Gasteiger charge is -2.28. The first-order valence-electron chi connectivity index (χ1n) is 10.1. The number of aryl methyl sites for hydroxylation is 2. The molecular weight excluding hydrogens is 388 g/mol. The molecule has 1 amide bonds. The number of hydrogen-bond donors (Lipinski definition) is 1. The minimum atomic E-state index is 0.0782. The zero-order chi connectivity index (χ0) is 19.8. The van der Waals surface area contributed by atoms with E-state index in [0.29, 0.717) is 32.2 Å². The highest BCUT2D eigenvalue weighted by Crippen LogP contribution is 2.29. The summed E-state index contributed by atoms with van der Waals surface area (Å²) in [4.78, 5) is 25.9. The lowest BCUT2D eigenvalue weighted by atomic mass is 9.94. The normalized spacial score (nSPS) is 19.3. The topological polar surface area (TPSA) is 85.2 Å². The molecule has 1 atom stereocenters. The van der Waals surface area contributed by atoms with Crippen LogP contribution in [0.3, 0.4) is 0 Å². The largest absolute Gasteiger partial charge is 0.378 e. The summed E-state index contributed by atoms with van der Waals surface area (Å²) < 4.78 is 7.37. The monoisotopic (exact) mass is 412 g/mol. The maximum absolute atomic E-state index is 13.0. The molecule has 0 bridgehead atoms. The third kappa shape index (κ3) is 3.60. The van der Waals surface area contributed by atoms with Crippen molar-refractivity contribution < 1.29 is 9.53 Å². The fourth-order valence-electron chi connectivity index (χ4n) is 4.15. The molecule has 0 spiro atoms. The van der Waals surface area contributed by atoms with Crippen LogP contribution in [0.1, 0.15) is 27.3 Å². The van der Waals surface area contributed by atoms with Gasteiger partial charge in [-0.1, -0.05) is 0 Å². The van der Waals surface area contributed by atoms with Crippen molar-refractivity contribution in [2.45, 2.75) is 26.3 Å². The number of carbonyl (C=O) groups is 1. The molecule has 0 saturated carbocycles. The van der Waals surface area contributed by atoms with Crippen molar-refractivity contribution in [2.24, 2.45) is 5.92 Å². The Morgan fingerprint density at radius 2 is 2.17 bits per heavy atom. The van der Waals surface area contributed by atoms with Gasteiger partial charge in [-0.15, -0.1) is 11.3 Å². The van der Waals surface area contributed by atoms with Gasteiger partial charge in [0, 0.05) is 31.1 Å². The van der Waals surface area contributed by atoms with Crippen molar-refractivity contribution in [3.63, 3.8) is 0 Å². The van der Waals surface area contributed by atoms with E-state index in [1.54, 1.807) is 23.9 Å². The Labute approximate surface area is 172 Å². The van der Waals surface area contributed by atoms with Gasteiger partial charge in [0.05, 0.1) is 36.1 Å². The van der Waals surface area contributed by atoms with Crippen LogP contribution in [0.2, 0.25) is 0 Å². The number of amides is 1. The summed E-state index contributed by atoms with van der Waals surface area (Å²) in [5, 5.41) is 9.07. The molecule has 0 unspecified atom stereocenters. The second kappa shape index (κ2) is 7.72. The van der Waals surface area contributed by atoms with Gasteiger partial charge < -0.3 is 15.0 Å². The van der Waals surface area contributed by atoms with E-state index in [2.05, 4.69) is 33.4 Å². The number of rotatable bonds is 4. The van der Waals surface area contributed by atoms with Gasteiger partial charge in [0.2, 0.25) is 0 Å². The van der Waals surface area contributed by atoms with Crippen molar-refractivity contribution in [2.75, 3.05) is 38.2 Å².